The maximum absolute atomic E-state index is 5.98. The van der Waals surface area contributed by atoms with Crippen LogP contribution in [0.5, 0.6) is 0 Å². The molecule has 5 heteroatoms. The van der Waals surface area contributed by atoms with Crippen molar-refractivity contribution in [2.75, 3.05) is 18.5 Å². The summed E-state index contributed by atoms with van der Waals surface area (Å²) in [7, 11) is 0. The summed E-state index contributed by atoms with van der Waals surface area (Å²) in [6, 6.07) is 5.79. The quantitative estimate of drug-likeness (QED) is 0.829. The number of nitrogens with two attached hydrogens (primary N) is 1. The highest BCUT2D eigenvalue weighted by Crippen LogP contribution is 2.23. The van der Waals surface area contributed by atoms with Crippen LogP contribution in [0.25, 0.3) is 0 Å². The minimum atomic E-state index is 0.301. The van der Waals surface area contributed by atoms with E-state index in [4.69, 9.17) is 34.3 Å². The van der Waals surface area contributed by atoms with Crippen molar-refractivity contribution in [3.8, 4) is 0 Å². The molecule has 1 heterocycles. The van der Waals surface area contributed by atoms with E-state index in [-0.39, 0.29) is 0 Å². The van der Waals surface area contributed by atoms with Crippen LogP contribution in [-0.4, -0.2) is 24.2 Å². The molecule has 0 spiro atoms. The highest BCUT2D eigenvalue weighted by molar-refractivity contribution is 7.80. The van der Waals surface area contributed by atoms with Gasteiger partial charge in [-0.1, -0.05) is 23.8 Å². The van der Waals surface area contributed by atoms with Crippen molar-refractivity contribution in [2.45, 2.75) is 18.9 Å². The van der Waals surface area contributed by atoms with Crippen LogP contribution in [0.3, 0.4) is 0 Å². The number of hydrogen-bond donors (Lipinski definition) is 2. The van der Waals surface area contributed by atoms with Gasteiger partial charge < -0.3 is 15.8 Å². The largest absolute Gasteiger partial charge is 0.389 e. The van der Waals surface area contributed by atoms with Gasteiger partial charge in [0.05, 0.1) is 6.61 Å². The van der Waals surface area contributed by atoms with Gasteiger partial charge in [-0.3, -0.25) is 0 Å². The van der Waals surface area contributed by atoms with Gasteiger partial charge in [-0.05, 0) is 31.0 Å². The van der Waals surface area contributed by atoms with Gasteiger partial charge in [-0.15, -0.1) is 0 Å². The first-order valence-corrected chi connectivity index (χ1v) is 6.39. The summed E-state index contributed by atoms with van der Waals surface area (Å²) in [4.78, 5) is 0.376. The van der Waals surface area contributed by atoms with Crippen LogP contribution < -0.4 is 11.1 Å². The van der Waals surface area contributed by atoms with Crippen LogP contribution in [0.4, 0.5) is 5.69 Å². The number of thiocarbonyl (C=S) groups is 1. The second-order valence-corrected chi connectivity index (χ2v) is 4.99. The average molecular weight is 271 g/mol. The molecular formula is C12H15ClN2OS. The highest BCUT2D eigenvalue weighted by atomic mass is 35.5. The topological polar surface area (TPSA) is 47.3 Å². The summed E-state index contributed by atoms with van der Waals surface area (Å²) in [6.45, 7) is 1.55. The first-order chi connectivity index (χ1) is 8.16. The third-order valence-electron chi connectivity index (χ3n) is 2.77. The molecule has 1 aliphatic heterocycles. The normalized spacial score (nSPS) is 19.9. The lowest BCUT2D eigenvalue weighted by Gasteiger charge is -2.25. The van der Waals surface area contributed by atoms with E-state index in [1.54, 1.807) is 6.07 Å². The number of nitrogens with one attached hydrogen (secondary N) is 1. The predicted molar refractivity (Wildman–Crippen MR) is 74.8 cm³/mol. The molecule has 1 aliphatic rings. The van der Waals surface area contributed by atoms with Crippen molar-refractivity contribution in [1.82, 2.24) is 0 Å². The van der Waals surface area contributed by atoms with Gasteiger partial charge >= 0.3 is 0 Å². The number of hydrogen-bond acceptors (Lipinski definition) is 3. The van der Waals surface area contributed by atoms with Crippen LogP contribution in [-0.2, 0) is 4.74 Å². The summed E-state index contributed by atoms with van der Waals surface area (Å²) in [5.41, 5.74) is 7.40. The number of benzene rings is 1. The minimum absolute atomic E-state index is 0.301. The molecule has 0 amide bonds. The van der Waals surface area contributed by atoms with Crippen molar-refractivity contribution in [3.05, 3.63) is 28.8 Å². The molecule has 1 unspecified atom stereocenters. The molecule has 0 aliphatic carbocycles. The molecule has 92 valence electrons. The van der Waals surface area contributed by atoms with E-state index in [2.05, 4.69) is 5.32 Å². The Morgan fingerprint density at radius 1 is 1.53 bits per heavy atom. The van der Waals surface area contributed by atoms with Crippen LogP contribution in [0.1, 0.15) is 18.4 Å². The Morgan fingerprint density at radius 2 is 2.35 bits per heavy atom. The van der Waals surface area contributed by atoms with E-state index in [9.17, 15) is 0 Å². The number of anilines is 1. The molecule has 1 saturated heterocycles. The maximum atomic E-state index is 5.98. The zero-order chi connectivity index (χ0) is 12.3. The molecule has 1 aromatic rings. The van der Waals surface area contributed by atoms with Gasteiger partial charge in [0, 0.05) is 28.9 Å². The summed E-state index contributed by atoms with van der Waals surface area (Å²) in [6.07, 6.45) is 2.16. The molecular weight excluding hydrogens is 256 g/mol. The molecule has 0 radical (unpaired) electrons. The lowest BCUT2D eigenvalue weighted by Crippen LogP contribution is -2.31. The molecule has 3 N–H and O–H groups in total. The zero-order valence-electron chi connectivity index (χ0n) is 9.41. The molecule has 2 rings (SSSR count). The van der Waals surface area contributed by atoms with Crippen LogP contribution in [0.2, 0.25) is 5.02 Å². The summed E-state index contributed by atoms with van der Waals surface area (Å²) in [5, 5.41) is 4.07. The Bertz CT molecular complexity index is 419. The van der Waals surface area contributed by atoms with E-state index >= 15 is 0 Å². The van der Waals surface area contributed by atoms with Crippen LogP contribution in [0.15, 0.2) is 18.2 Å². The first-order valence-electron chi connectivity index (χ1n) is 5.60. The fourth-order valence-corrected chi connectivity index (χ4v) is 2.28. The number of rotatable bonds is 3. The zero-order valence-corrected chi connectivity index (χ0v) is 11.0. The van der Waals surface area contributed by atoms with E-state index in [1.807, 2.05) is 12.1 Å². The Balaban J connectivity index is 2.17. The van der Waals surface area contributed by atoms with Gasteiger partial charge in [0.1, 0.15) is 4.99 Å². The monoisotopic (exact) mass is 270 g/mol. The second-order valence-electron chi connectivity index (χ2n) is 4.11. The van der Waals surface area contributed by atoms with Gasteiger partial charge in [0.15, 0.2) is 0 Å². The van der Waals surface area contributed by atoms with E-state index in [1.165, 1.54) is 0 Å². The molecule has 0 bridgehead atoms. The Labute approximate surface area is 111 Å². The van der Waals surface area contributed by atoms with Crippen LogP contribution in [0, 0.1) is 0 Å². The summed E-state index contributed by atoms with van der Waals surface area (Å²) in [5.74, 6) is 0. The lowest BCUT2D eigenvalue weighted by molar-refractivity contribution is 0.0876. The predicted octanol–water partition coefficient (Wildman–Crippen LogP) is 2.57. The first kappa shape index (κ1) is 12.6. The lowest BCUT2D eigenvalue weighted by atomic mass is 10.1. The second kappa shape index (κ2) is 5.67. The third-order valence-corrected chi connectivity index (χ3v) is 3.22. The number of halogens is 1. The highest BCUT2D eigenvalue weighted by Gasteiger charge is 2.15. The summed E-state index contributed by atoms with van der Waals surface area (Å²) >= 11 is 11.0. The van der Waals surface area contributed by atoms with E-state index in [0.717, 1.165) is 30.7 Å². The molecule has 0 aromatic heterocycles. The minimum Gasteiger partial charge on any atom is -0.389 e. The standard InChI is InChI=1S/C12H15ClN2OS/c13-8-3-4-10(12(14)17)11(6-8)15-9-2-1-5-16-7-9/h3-4,6,9,15H,1-2,5,7H2,(H2,14,17). The van der Waals surface area contributed by atoms with Crippen molar-refractivity contribution in [2.24, 2.45) is 5.73 Å². The smallest absolute Gasteiger partial charge is 0.106 e. The van der Waals surface area contributed by atoms with Crippen molar-refractivity contribution >= 4 is 34.5 Å². The molecule has 3 nitrogen and oxygen atoms in total. The number of ether oxygens (including phenoxy) is 1. The van der Waals surface area contributed by atoms with Gasteiger partial charge in [-0.2, -0.15) is 0 Å². The van der Waals surface area contributed by atoms with Crippen molar-refractivity contribution in [3.63, 3.8) is 0 Å². The van der Waals surface area contributed by atoms with E-state index in [0.29, 0.717) is 22.7 Å². The van der Waals surface area contributed by atoms with Gasteiger partial charge in [0.25, 0.3) is 0 Å². The fourth-order valence-electron chi connectivity index (χ4n) is 1.93. The molecule has 1 fully saturated rings. The van der Waals surface area contributed by atoms with Gasteiger partial charge in [0.2, 0.25) is 0 Å². The Hall–Kier alpha value is -0.840. The maximum Gasteiger partial charge on any atom is 0.106 e. The average Bonchev–Trinajstić information content (AvgIpc) is 2.30. The van der Waals surface area contributed by atoms with Crippen molar-refractivity contribution in [1.29, 1.82) is 0 Å². The molecule has 17 heavy (non-hydrogen) atoms. The van der Waals surface area contributed by atoms with Crippen molar-refractivity contribution < 1.29 is 4.74 Å². The van der Waals surface area contributed by atoms with Crippen LogP contribution >= 0.6 is 23.8 Å². The molecule has 1 aromatic carbocycles. The fraction of sp³-hybridized carbons (Fsp3) is 0.417. The third kappa shape index (κ3) is 3.31. The van der Waals surface area contributed by atoms with Gasteiger partial charge in [-0.25, -0.2) is 0 Å². The Morgan fingerprint density at radius 3 is 3.00 bits per heavy atom. The summed E-state index contributed by atoms with van der Waals surface area (Å²) < 4.78 is 5.43. The molecule has 1 atom stereocenters. The van der Waals surface area contributed by atoms with E-state index < -0.39 is 0 Å². The molecule has 0 saturated carbocycles. The Kier molecular flexibility index (Phi) is 4.20. The SMILES string of the molecule is NC(=S)c1ccc(Cl)cc1NC1CCCOC1.